The van der Waals surface area contributed by atoms with Gasteiger partial charge in [0, 0.05) is 31.6 Å². The Bertz CT molecular complexity index is 1080. The van der Waals surface area contributed by atoms with Crippen molar-refractivity contribution in [3.8, 4) is 0 Å². The van der Waals surface area contributed by atoms with Gasteiger partial charge in [0.05, 0.1) is 10.6 Å². The van der Waals surface area contributed by atoms with Gasteiger partial charge >= 0.3 is 0 Å². The number of hydrogen-bond donors (Lipinski definition) is 1. The van der Waals surface area contributed by atoms with E-state index in [4.69, 9.17) is 0 Å². The number of nitrogens with one attached hydrogen (secondary N) is 1. The van der Waals surface area contributed by atoms with Crippen molar-refractivity contribution in [2.45, 2.75) is 31.7 Å². The molecule has 0 fully saturated rings. The maximum absolute atomic E-state index is 13.0. The molecule has 30 heavy (non-hydrogen) atoms. The van der Waals surface area contributed by atoms with E-state index in [1.165, 1.54) is 28.6 Å². The predicted octanol–water partition coefficient (Wildman–Crippen LogP) is 2.49. The van der Waals surface area contributed by atoms with Gasteiger partial charge in [0.25, 0.3) is 15.9 Å². The molecule has 1 aromatic heterocycles. The van der Waals surface area contributed by atoms with Crippen LogP contribution in [0.25, 0.3) is 0 Å². The van der Waals surface area contributed by atoms with E-state index in [-0.39, 0.29) is 10.8 Å². The van der Waals surface area contributed by atoms with Gasteiger partial charge in [-0.15, -0.1) is 10.2 Å². The number of aromatic nitrogens is 3. The van der Waals surface area contributed by atoms with Gasteiger partial charge in [0.2, 0.25) is 0 Å². The van der Waals surface area contributed by atoms with Crippen LogP contribution < -0.4 is 9.62 Å². The van der Waals surface area contributed by atoms with Gasteiger partial charge < -0.3 is 9.88 Å². The zero-order valence-corrected chi connectivity index (χ0v) is 17.8. The lowest BCUT2D eigenvalue weighted by Gasteiger charge is -2.23. The Hall–Kier alpha value is -3.20. The fourth-order valence-electron chi connectivity index (χ4n) is 3.12. The van der Waals surface area contributed by atoms with Crippen LogP contribution in [0.1, 0.15) is 30.0 Å². The molecule has 1 heterocycles. The summed E-state index contributed by atoms with van der Waals surface area (Å²) in [5.74, 6) is 0.539. The first kappa shape index (κ1) is 21.5. The predicted molar refractivity (Wildman–Crippen MR) is 115 cm³/mol. The van der Waals surface area contributed by atoms with E-state index >= 15 is 0 Å². The average Bonchev–Trinajstić information content (AvgIpc) is 3.22. The summed E-state index contributed by atoms with van der Waals surface area (Å²) in [5.41, 5.74) is 0.996. The molecule has 0 saturated carbocycles. The standard InChI is InChI=1S/C21H25N5O3S/c1-3-25-16-23-24-20(25)14-15-22-21(27)17-10-12-19(13-11-17)30(28,29)26(4-2)18-8-6-5-7-9-18/h5-13,16H,3-4,14-15H2,1-2H3,(H,22,27). The Balaban J connectivity index is 1.67. The highest BCUT2D eigenvalue weighted by atomic mass is 32.2. The second-order valence-electron chi connectivity index (χ2n) is 6.57. The van der Waals surface area contributed by atoms with Gasteiger partial charge in [-0.05, 0) is 50.2 Å². The molecule has 3 rings (SSSR count). The molecule has 0 bridgehead atoms. The number of hydrogen-bond acceptors (Lipinski definition) is 5. The summed E-state index contributed by atoms with van der Waals surface area (Å²) in [5, 5.41) is 10.7. The van der Waals surface area contributed by atoms with Gasteiger partial charge in [0.1, 0.15) is 12.2 Å². The second-order valence-corrected chi connectivity index (χ2v) is 8.43. The summed E-state index contributed by atoms with van der Waals surface area (Å²) in [4.78, 5) is 12.5. The van der Waals surface area contributed by atoms with Crippen LogP contribution in [0.3, 0.4) is 0 Å². The monoisotopic (exact) mass is 427 g/mol. The zero-order valence-electron chi connectivity index (χ0n) is 17.0. The Labute approximate surface area is 176 Å². The number of anilines is 1. The van der Waals surface area contributed by atoms with E-state index in [9.17, 15) is 13.2 Å². The molecule has 8 nitrogen and oxygen atoms in total. The number of aryl methyl sites for hydroxylation is 1. The van der Waals surface area contributed by atoms with Crippen molar-refractivity contribution in [3.63, 3.8) is 0 Å². The number of carbonyl (C=O) groups is 1. The molecule has 2 aromatic carbocycles. The number of rotatable bonds is 9. The Morgan fingerprint density at radius 3 is 2.40 bits per heavy atom. The van der Waals surface area contributed by atoms with Crippen LogP contribution in [0, 0.1) is 0 Å². The van der Waals surface area contributed by atoms with Crippen LogP contribution in [0.2, 0.25) is 0 Å². The Kier molecular flexibility index (Phi) is 6.83. The first-order chi connectivity index (χ1) is 14.5. The molecule has 9 heteroatoms. The number of para-hydroxylation sites is 1. The Morgan fingerprint density at radius 1 is 1.07 bits per heavy atom. The molecule has 0 atom stereocenters. The maximum atomic E-state index is 13.0. The van der Waals surface area contributed by atoms with Crippen LogP contribution in [0.15, 0.2) is 65.8 Å². The molecule has 3 aromatic rings. The zero-order chi connectivity index (χ0) is 21.6. The minimum Gasteiger partial charge on any atom is -0.352 e. The van der Waals surface area contributed by atoms with Crippen molar-refractivity contribution >= 4 is 21.6 Å². The highest BCUT2D eigenvalue weighted by Gasteiger charge is 2.23. The van der Waals surface area contributed by atoms with Crippen molar-refractivity contribution in [1.82, 2.24) is 20.1 Å². The van der Waals surface area contributed by atoms with Gasteiger partial charge in [-0.2, -0.15) is 0 Å². The van der Waals surface area contributed by atoms with Crippen molar-refractivity contribution < 1.29 is 13.2 Å². The molecule has 0 spiro atoms. The lowest BCUT2D eigenvalue weighted by atomic mass is 10.2. The van der Waals surface area contributed by atoms with E-state index in [1.54, 1.807) is 37.5 Å². The fourth-order valence-corrected chi connectivity index (χ4v) is 4.59. The highest BCUT2D eigenvalue weighted by Crippen LogP contribution is 2.23. The quantitative estimate of drug-likeness (QED) is 0.566. The average molecular weight is 428 g/mol. The lowest BCUT2D eigenvalue weighted by Crippen LogP contribution is -2.31. The first-order valence-electron chi connectivity index (χ1n) is 9.80. The summed E-state index contributed by atoms with van der Waals surface area (Å²) in [6, 6.07) is 14.9. The van der Waals surface area contributed by atoms with E-state index in [0.717, 1.165) is 12.4 Å². The van der Waals surface area contributed by atoms with E-state index in [1.807, 2.05) is 17.6 Å². The molecule has 0 saturated heterocycles. The van der Waals surface area contributed by atoms with Crippen molar-refractivity contribution in [3.05, 3.63) is 72.3 Å². The molecule has 158 valence electrons. The fraction of sp³-hybridized carbons (Fsp3) is 0.286. The maximum Gasteiger partial charge on any atom is 0.264 e. The van der Waals surface area contributed by atoms with Crippen molar-refractivity contribution in [2.75, 3.05) is 17.4 Å². The highest BCUT2D eigenvalue weighted by molar-refractivity contribution is 7.92. The third-order valence-electron chi connectivity index (χ3n) is 4.71. The molecule has 0 unspecified atom stereocenters. The minimum absolute atomic E-state index is 0.140. The number of benzene rings is 2. The van der Waals surface area contributed by atoms with Crippen LogP contribution in [-0.4, -0.2) is 42.2 Å². The largest absolute Gasteiger partial charge is 0.352 e. The summed E-state index contributed by atoms with van der Waals surface area (Å²) < 4.78 is 29.3. The Morgan fingerprint density at radius 2 is 1.77 bits per heavy atom. The first-order valence-corrected chi connectivity index (χ1v) is 11.2. The van der Waals surface area contributed by atoms with E-state index in [2.05, 4.69) is 15.5 Å². The van der Waals surface area contributed by atoms with Crippen LogP contribution in [0.4, 0.5) is 5.69 Å². The molecule has 0 aliphatic heterocycles. The topological polar surface area (TPSA) is 97.2 Å². The van der Waals surface area contributed by atoms with Crippen LogP contribution in [0.5, 0.6) is 0 Å². The van der Waals surface area contributed by atoms with Gasteiger partial charge in [0.15, 0.2) is 0 Å². The SMILES string of the molecule is CCN(c1ccccc1)S(=O)(=O)c1ccc(C(=O)NCCc2nncn2CC)cc1. The molecular formula is C21H25N5O3S. The molecule has 0 aliphatic rings. The van der Waals surface area contributed by atoms with E-state index < -0.39 is 10.0 Å². The molecule has 1 N–H and O–H groups in total. The molecular weight excluding hydrogens is 402 g/mol. The van der Waals surface area contributed by atoms with Crippen molar-refractivity contribution in [2.24, 2.45) is 0 Å². The van der Waals surface area contributed by atoms with E-state index in [0.29, 0.717) is 30.8 Å². The second kappa shape index (κ2) is 9.53. The molecule has 0 aliphatic carbocycles. The van der Waals surface area contributed by atoms with Crippen LogP contribution in [-0.2, 0) is 23.0 Å². The smallest absolute Gasteiger partial charge is 0.264 e. The summed E-state index contributed by atoms with van der Waals surface area (Å²) >= 11 is 0. The van der Waals surface area contributed by atoms with Crippen LogP contribution >= 0.6 is 0 Å². The van der Waals surface area contributed by atoms with Gasteiger partial charge in [-0.25, -0.2) is 8.42 Å². The number of nitrogens with zero attached hydrogens (tertiary/aromatic N) is 4. The van der Waals surface area contributed by atoms with Gasteiger partial charge in [-0.1, -0.05) is 18.2 Å². The van der Waals surface area contributed by atoms with Gasteiger partial charge in [-0.3, -0.25) is 9.10 Å². The molecule has 1 amide bonds. The summed E-state index contributed by atoms with van der Waals surface area (Å²) in [7, 11) is -3.72. The minimum atomic E-state index is -3.72. The van der Waals surface area contributed by atoms with Crippen molar-refractivity contribution in [1.29, 1.82) is 0 Å². The molecule has 0 radical (unpaired) electrons. The number of carbonyl (C=O) groups excluding carboxylic acids is 1. The number of sulfonamides is 1. The summed E-state index contributed by atoms with van der Waals surface area (Å²) in [6.07, 6.45) is 2.22. The number of amides is 1. The third kappa shape index (κ3) is 4.68. The normalized spacial score (nSPS) is 11.3. The summed E-state index contributed by atoms with van der Waals surface area (Å²) in [6.45, 7) is 5.26. The third-order valence-corrected chi connectivity index (χ3v) is 6.62. The lowest BCUT2D eigenvalue weighted by molar-refractivity contribution is 0.0954.